The van der Waals surface area contributed by atoms with Gasteiger partial charge in [-0.15, -0.1) is 0 Å². The molecule has 0 fully saturated rings. The van der Waals surface area contributed by atoms with Gasteiger partial charge in [0.2, 0.25) is 0 Å². The molecule has 0 aromatic heterocycles. The molecule has 0 saturated carbocycles. The predicted octanol–water partition coefficient (Wildman–Crippen LogP) is 15.2. The number of carboxylic acid groups (broad SMARTS) is 1. The highest BCUT2D eigenvalue weighted by Gasteiger charge is 2.31. The van der Waals surface area contributed by atoms with Crippen LogP contribution in [-0.4, -0.2) is 80.6 Å². The van der Waals surface area contributed by atoms with E-state index in [2.05, 4.69) is 123 Å². The zero-order chi connectivity index (χ0) is 48.4. The van der Waals surface area contributed by atoms with Crippen LogP contribution in [0.3, 0.4) is 0 Å². The van der Waals surface area contributed by atoms with Gasteiger partial charge < -0.3 is 23.8 Å². The number of ether oxygens (including phenoxy) is 3. The Balaban J connectivity index is 4.31. The van der Waals surface area contributed by atoms with Crippen LogP contribution in [-0.2, 0) is 28.6 Å². The van der Waals surface area contributed by atoms with Crippen LogP contribution in [0.15, 0.2) is 109 Å². The third kappa shape index (κ3) is 45.2. The first kappa shape index (κ1) is 62.0. The first-order valence-corrected chi connectivity index (χ1v) is 25.9. The van der Waals surface area contributed by atoms with Gasteiger partial charge in [0.25, 0.3) is 0 Å². The van der Waals surface area contributed by atoms with Crippen LogP contribution in [0.1, 0.15) is 187 Å². The number of carbonyl (C=O) groups is 3. The van der Waals surface area contributed by atoms with Crippen molar-refractivity contribution in [2.24, 2.45) is 0 Å². The second-order valence-corrected chi connectivity index (χ2v) is 18.0. The summed E-state index contributed by atoms with van der Waals surface area (Å²) in [5.41, 5.74) is 0. The summed E-state index contributed by atoms with van der Waals surface area (Å²) in [4.78, 5) is 37.2. The molecule has 0 amide bonds. The van der Waals surface area contributed by atoms with Gasteiger partial charge in [0.15, 0.2) is 12.1 Å². The maximum absolute atomic E-state index is 12.8. The summed E-state index contributed by atoms with van der Waals surface area (Å²) in [7, 11) is 5.52. The van der Waals surface area contributed by atoms with E-state index in [1.165, 1.54) is 38.5 Å². The molecule has 0 bridgehead atoms. The molecule has 0 aliphatic rings. The lowest BCUT2D eigenvalue weighted by atomic mass is 10.1. The summed E-state index contributed by atoms with van der Waals surface area (Å²) in [5.74, 6) is -1.51. The number of allylic oxidation sites excluding steroid dienone is 18. The van der Waals surface area contributed by atoms with Gasteiger partial charge in [-0.3, -0.25) is 9.59 Å². The first-order chi connectivity index (χ1) is 32.1. The number of rotatable bonds is 45. The van der Waals surface area contributed by atoms with Crippen LogP contribution in [0.2, 0.25) is 0 Å². The number of quaternary nitrogens is 1. The van der Waals surface area contributed by atoms with E-state index in [-0.39, 0.29) is 36.2 Å². The molecule has 0 heterocycles. The minimum atomic E-state index is -0.883. The minimum Gasteiger partial charge on any atom is -0.477 e. The summed E-state index contributed by atoms with van der Waals surface area (Å²) in [6.07, 6.45) is 65.6. The van der Waals surface area contributed by atoms with Gasteiger partial charge in [-0.1, -0.05) is 181 Å². The summed E-state index contributed by atoms with van der Waals surface area (Å²) in [6.45, 7) is 4.48. The highest BCUT2D eigenvalue weighted by atomic mass is 16.6. The number of unbranched alkanes of at least 4 members (excludes halogenated alkanes) is 13. The van der Waals surface area contributed by atoms with Crippen molar-refractivity contribution < 1.29 is 38.2 Å². The Morgan fingerprint density at radius 2 is 0.803 bits per heavy atom. The van der Waals surface area contributed by atoms with Gasteiger partial charge in [-0.05, 0) is 96.3 Å². The molecule has 66 heavy (non-hydrogen) atoms. The largest absolute Gasteiger partial charge is 0.477 e. The molecule has 0 aromatic rings. The molecule has 0 saturated heterocycles. The number of aliphatic carboxylic acids is 1. The Morgan fingerprint density at radius 3 is 1.18 bits per heavy atom. The Morgan fingerprint density at radius 1 is 0.455 bits per heavy atom. The molecule has 0 spiro atoms. The number of carboxylic acids is 1. The second kappa shape index (κ2) is 47.5. The van der Waals surface area contributed by atoms with Crippen molar-refractivity contribution in [3.63, 3.8) is 0 Å². The van der Waals surface area contributed by atoms with Crippen molar-refractivity contribution in [3.8, 4) is 0 Å². The molecular formula is C58H96NO7+. The molecule has 0 aliphatic carbocycles. The van der Waals surface area contributed by atoms with Crippen molar-refractivity contribution in [3.05, 3.63) is 109 Å². The van der Waals surface area contributed by atoms with E-state index in [9.17, 15) is 19.5 Å². The Bertz CT molecular complexity index is 1440. The molecule has 0 radical (unpaired) electrons. The number of carbonyl (C=O) groups excluding carboxylic acids is 2. The van der Waals surface area contributed by atoms with E-state index in [1.807, 2.05) is 21.1 Å². The average molecular weight is 919 g/mol. The number of esters is 2. The van der Waals surface area contributed by atoms with E-state index < -0.39 is 18.1 Å². The highest BCUT2D eigenvalue weighted by Crippen LogP contribution is 2.14. The summed E-state index contributed by atoms with van der Waals surface area (Å²) in [5, 5.41) is 9.66. The second-order valence-electron chi connectivity index (χ2n) is 18.0. The van der Waals surface area contributed by atoms with Crippen LogP contribution < -0.4 is 0 Å². The van der Waals surface area contributed by atoms with E-state index in [0.717, 1.165) is 116 Å². The van der Waals surface area contributed by atoms with Gasteiger partial charge in [0.05, 0.1) is 34.4 Å². The minimum absolute atomic E-state index is 0.0445. The fourth-order valence-electron chi connectivity index (χ4n) is 6.99. The summed E-state index contributed by atoms with van der Waals surface area (Å²) in [6, 6.07) is -0.627. The lowest BCUT2D eigenvalue weighted by molar-refractivity contribution is -0.887. The summed E-state index contributed by atoms with van der Waals surface area (Å²) < 4.78 is 17.3. The maximum Gasteiger partial charge on any atom is 0.362 e. The standard InChI is InChI=1S/C58H95NO7/c1-6-8-10-12-14-16-18-20-22-24-26-27-28-29-31-32-34-36-38-40-42-44-46-48-56(60)65-53-54(52-64-51-50-55(58(62)63)59(3,4)5)66-57(61)49-47-45-43-41-39-37-35-33-30-25-23-21-19-17-15-13-11-9-7-2/h8-11,14-17,20-23,26-27,29-31,33,54-55H,6-7,12-13,18-19,24-25,28,32,34-53H2,1-5H3/p+1/b10-8+,11-9+,16-14+,17-15+,22-20+,23-21+,27-26+,31-29+,33-30+. The molecule has 0 aliphatic heterocycles. The molecule has 0 aromatic carbocycles. The third-order valence-corrected chi connectivity index (χ3v) is 10.9. The first-order valence-electron chi connectivity index (χ1n) is 25.9. The van der Waals surface area contributed by atoms with Gasteiger partial charge in [0.1, 0.15) is 6.61 Å². The van der Waals surface area contributed by atoms with Crippen LogP contribution in [0, 0.1) is 0 Å². The van der Waals surface area contributed by atoms with Crippen molar-refractivity contribution >= 4 is 17.9 Å². The predicted molar refractivity (Wildman–Crippen MR) is 279 cm³/mol. The fraction of sp³-hybridized carbons (Fsp3) is 0.638. The molecule has 8 nitrogen and oxygen atoms in total. The van der Waals surface area contributed by atoms with Crippen molar-refractivity contribution in [1.29, 1.82) is 0 Å². The Hall–Kier alpha value is -4.01. The molecular weight excluding hydrogens is 823 g/mol. The van der Waals surface area contributed by atoms with Crippen LogP contribution in [0.25, 0.3) is 0 Å². The number of hydrogen-bond acceptors (Lipinski definition) is 6. The maximum atomic E-state index is 12.8. The van der Waals surface area contributed by atoms with Crippen LogP contribution >= 0.6 is 0 Å². The topological polar surface area (TPSA) is 99.1 Å². The lowest BCUT2D eigenvalue weighted by Gasteiger charge is -2.31. The smallest absolute Gasteiger partial charge is 0.362 e. The van der Waals surface area contributed by atoms with E-state index in [1.54, 1.807) is 0 Å². The van der Waals surface area contributed by atoms with Crippen LogP contribution in [0.5, 0.6) is 0 Å². The monoisotopic (exact) mass is 919 g/mol. The van der Waals surface area contributed by atoms with Crippen molar-refractivity contribution in [1.82, 2.24) is 0 Å². The van der Waals surface area contributed by atoms with E-state index >= 15 is 0 Å². The highest BCUT2D eigenvalue weighted by molar-refractivity contribution is 5.72. The molecule has 2 atom stereocenters. The van der Waals surface area contributed by atoms with Gasteiger partial charge in [-0.2, -0.15) is 0 Å². The van der Waals surface area contributed by atoms with E-state index in [0.29, 0.717) is 19.3 Å². The number of nitrogens with zero attached hydrogens (tertiary/aromatic N) is 1. The molecule has 8 heteroatoms. The van der Waals surface area contributed by atoms with Crippen LogP contribution in [0.4, 0.5) is 0 Å². The van der Waals surface area contributed by atoms with Gasteiger partial charge in [-0.25, -0.2) is 4.79 Å². The molecule has 374 valence electrons. The normalized spacial score (nSPS) is 13.8. The average Bonchev–Trinajstić information content (AvgIpc) is 3.28. The third-order valence-electron chi connectivity index (χ3n) is 10.9. The molecule has 0 rings (SSSR count). The van der Waals surface area contributed by atoms with Crippen molar-refractivity contribution in [2.75, 3.05) is 41.0 Å². The van der Waals surface area contributed by atoms with E-state index in [4.69, 9.17) is 14.2 Å². The zero-order valence-corrected chi connectivity index (χ0v) is 42.6. The van der Waals surface area contributed by atoms with Gasteiger partial charge >= 0.3 is 17.9 Å². The quantitative estimate of drug-likeness (QED) is 0.0281. The lowest BCUT2D eigenvalue weighted by Crippen LogP contribution is -2.50. The number of likely N-dealkylation sites (N-methyl/N-ethyl adjacent to an activating group) is 1. The Kier molecular flexibility index (Phi) is 44.6. The zero-order valence-electron chi connectivity index (χ0n) is 42.6. The molecule has 1 N–H and O–H groups in total. The summed E-state index contributed by atoms with van der Waals surface area (Å²) >= 11 is 0. The number of hydrogen-bond donors (Lipinski definition) is 1. The van der Waals surface area contributed by atoms with Gasteiger partial charge in [0, 0.05) is 19.3 Å². The SMILES string of the molecule is CC/C=C/C/C=C/C/C=C/C/C=C/C/C=C/CCCCCCCCCC(=O)OCC(COCCC(C(=O)O)[N+](C)(C)C)OC(=O)CCCCCCCC/C=C/C/C=C/C/C=C/C/C=C/CC. The molecule has 2 unspecified atom stereocenters. The van der Waals surface area contributed by atoms with Crippen molar-refractivity contribution in [2.45, 2.75) is 199 Å². The Labute approximate surface area is 404 Å². The fourth-order valence-corrected chi connectivity index (χ4v) is 6.99.